The SMILES string of the molecule is CCCCCCCCCC/C=C\CCCCCCCCCCCCCC(=O)OC(CCCCCCCCCCCCCCCC)CCCCCCCC(=O)NC(CCCN)C(=O)O. The number of nitrogens with one attached hydrogen (secondary N) is 1. The van der Waals surface area contributed by atoms with E-state index in [-0.39, 0.29) is 18.0 Å². The maximum Gasteiger partial charge on any atom is 0.326 e. The molecule has 0 aromatic carbocycles. The smallest absolute Gasteiger partial charge is 0.326 e. The molecule has 1 amide bonds. The van der Waals surface area contributed by atoms with E-state index in [2.05, 4.69) is 31.3 Å². The molecule has 0 saturated heterocycles. The van der Waals surface area contributed by atoms with Crippen LogP contribution in [-0.4, -0.2) is 41.6 Å². The molecule has 0 aliphatic heterocycles. The summed E-state index contributed by atoms with van der Waals surface area (Å²) >= 11 is 0. The van der Waals surface area contributed by atoms with Gasteiger partial charge in [-0.2, -0.15) is 0 Å². The lowest BCUT2D eigenvalue weighted by molar-refractivity contribution is -0.150. The number of nitrogens with two attached hydrogens (primary N) is 1. The van der Waals surface area contributed by atoms with Crippen molar-refractivity contribution >= 4 is 17.8 Å². The Kier molecular flexibility index (Phi) is 49.6. The van der Waals surface area contributed by atoms with E-state index in [0.717, 1.165) is 64.2 Å². The lowest BCUT2D eigenvalue weighted by Gasteiger charge is -2.18. The van der Waals surface area contributed by atoms with Crippen molar-refractivity contribution in [2.45, 2.75) is 321 Å². The molecule has 0 rings (SSSR count). The topological polar surface area (TPSA) is 119 Å². The Morgan fingerprint density at radius 1 is 0.444 bits per heavy atom. The highest BCUT2D eigenvalue weighted by atomic mass is 16.5. The summed E-state index contributed by atoms with van der Waals surface area (Å²) in [5, 5.41) is 12.0. The van der Waals surface area contributed by atoms with Crippen molar-refractivity contribution in [1.29, 1.82) is 0 Å². The second-order valence-electron chi connectivity index (χ2n) is 19.4. The minimum absolute atomic E-state index is 0.0125. The first-order valence-corrected chi connectivity index (χ1v) is 28.0. The van der Waals surface area contributed by atoms with E-state index in [4.69, 9.17) is 10.5 Å². The van der Waals surface area contributed by atoms with E-state index in [1.807, 2.05) is 0 Å². The van der Waals surface area contributed by atoms with Crippen molar-refractivity contribution in [1.82, 2.24) is 5.32 Å². The Morgan fingerprint density at radius 2 is 0.778 bits per heavy atom. The van der Waals surface area contributed by atoms with Crippen LogP contribution in [-0.2, 0) is 19.1 Å². The average Bonchev–Trinajstić information content (AvgIpc) is 3.27. The number of carbonyl (C=O) groups excluding carboxylic acids is 2. The third-order valence-electron chi connectivity index (χ3n) is 13.1. The third kappa shape index (κ3) is 47.9. The maximum absolute atomic E-state index is 12.9. The minimum Gasteiger partial charge on any atom is -0.480 e. The molecule has 4 N–H and O–H groups in total. The number of hydrogen-bond donors (Lipinski definition) is 3. The summed E-state index contributed by atoms with van der Waals surface area (Å²) in [5.41, 5.74) is 5.51. The zero-order valence-electron chi connectivity index (χ0n) is 42.2. The number of hydrogen-bond acceptors (Lipinski definition) is 5. The van der Waals surface area contributed by atoms with Gasteiger partial charge in [0, 0.05) is 12.8 Å². The van der Waals surface area contributed by atoms with Gasteiger partial charge in [-0.15, -0.1) is 0 Å². The number of amides is 1. The molecule has 0 aliphatic rings. The van der Waals surface area contributed by atoms with Gasteiger partial charge in [-0.05, 0) is 83.6 Å². The van der Waals surface area contributed by atoms with Crippen LogP contribution in [0.2, 0.25) is 0 Å². The van der Waals surface area contributed by atoms with E-state index in [1.165, 1.54) is 205 Å². The van der Waals surface area contributed by atoms with Crippen molar-refractivity contribution in [3.8, 4) is 0 Å². The normalized spacial score (nSPS) is 12.6. The van der Waals surface area contributed by atoms with Gasteiger partial charge in [0.15, 0.2) is 0 Å². The lowest BCUT2D eigenvalue weighted by atomic mass is 10.0. The third-order valence-corrected chi connectivity index (χ3v) is 13.1. The molecule has 0 heterocycles. The van der Waals surface area contributed by atoms with Crippen molar-refractivity contribution in [3.05, 3.63) is 12.2 Å². The predicted octanol–water partition coefficient (Wildman–Crippen LogP) is 17.0. The zero-order chi connectivity index (χ0) is 45.9. The summed E-state index contributed by atoms with van der Waals surface area (Å²) in [7, 11) is 0. The highest BCUT2D eigenvalue weighted by molar-refractivity contribution is 5.83. The molecule has 0 aromatic rings. The van der Waals surface area contributed by atoms with Crippen molar-refractivity contribution in [3.63, 3.8) is 0 Å². The van der Waals surface area contributed by atoms with Gasteiger partial charge in [0.2, 0.25) is 5.91 Å². The van der Waals surface area contributed by atoms with E-state index in [9.17, 15) is 19.5 Å². The summed E-state index contributed by atoms with van der Waals surface area (Å²) in [6, 6.07) is -0.854. The first-order chi connectivity index (χ1) is 30.9. The van der Waals surface area contributed by atoms with Gasteiger partial charge < -0.3 is 20.9 Å². The molecule has 63 heavy (non-hydrogen) atoms. The van der Waals surface area contributed by atoms with Gasteiger partial charge in [0.05, 0.1) is 0 Å². The summed E-state index contributed by atoms with van der Waals surface area (Å²) in [5.74, 6) is -1.21. The standard InChI is InChI=1S/C56H108N2O5/c1-3-5-7-9-11-13-15-17-19-20-21-22-23-24-25-26-27-29-31-33-35-40-44-50-55(60)63-52(46-41-37-34-32-30-28-18-16-14-12-10-8-6-4-2)47-42-38-36-39-43-49-54(59)58-53(56(61)62)48-45-51-57/h20-21,52-53H,3-19,22-51,57H2,1-2H3,(H,58,59)(H,61,62)/b21-20-. The van der Waals surface area contributed by atoms with Gasteiger partial charge in [-0.1, -0.05) is 231 Å². The molecule has 0 bridgehead atoms. The molecule has 7 nitrogen and oxygen atoms in total. The Morgan fingerprint density at radius 3 is 1.14 bits per heavy atom. The Bertz CT molecular complexity index is 1000. The summed E-state index contributed by atoms with van der Waals surface area (Å²) in [6.07, 6.45) is 60.0. The summed E-state index contributed by atoms with van der Waals surface area (Å²) < 4.78 is 6.11. The molecular weight excluding hydrogens is 781 g/mol. The molecule has 0 radical (unpaired) electrons. The van der Waals surface area contributed by atoms with E-state index in [0.29, 0.717) is 32.2 Å². The van der Waals surface area contributed by atoms with Crippen LogP contribution in [0.3, 0.4) is 0 Å². The van der Waals surface area contributed by atoms with Gasteiger partial charge >= 0.3 is 11.9 Å². The quantitative estimate of drug-likeness (QED) is 0.0318. The number of carbonyl (C=O) groups is 3. The van der Waals surface area contributed by atoms with Crippen LogP contribution < -0.4 is 11.1 Å². The molecule has 7 heteroatoms. The molecule has 2 unspecified atom stereocenters. The first kappa shape index (κ1) is 61.1. The van der Waals surface area contributed by atoms with Crippen LogP contribution in [0.5, 0.6) is 0 Å². The fourth-order valence-corrected chi connectivity index (χ4v) is 8.86. The number of allylic oxidation sites excluding steroid dienone is 2. The van der Waals surface area contributed by atoms with Crippen LogP contribution in [0, 0.1) is 0 Å². The highest BCUT2D eigenvalue weighted by Crippen LogP contribution is 2.20. The first-order valence-electron chi connectivity index (χ1n) is 28.0. The van der Waals surface area contributed by atoms with E-state index in [1.54, 1.807) is 0 Å². The fourth-order valence-electron chi connectivity index (χ4n) is 8.86. The summed E-state index contributed by atoms with van der Waals surface area (Å²) in [4.78, 5) is 36.6. The highest BCUT2D eigenvalue weighted by Gasteiger charge is 2.19. The molecule has 0 fully saturated rings. The van der Waals surface area contributed by atoms with Gasteiger partial charge in [0.1, 0.15) is 12.1 Å². The van der Waals surface area contributed by atoms with Gasteiger partial charge in [0.25, 0.3) is 0 Å². The second kappa shape index (κ2) is 51.1. The van der Waals surface area contributed by atoms with Gasteiger partial charge in [-0.3, -0.25) is 9.59 Å². The van der Waals surface area contributed by atoms with Crippen LogP contribution in [0.25, 0.3) is 0 Å². The molecular formula is C56H108N2O5. The molecule has 0 aliphatic carbocycles. The molecule has 0 saturated carbocycles. The minimum atomic E-state index is -0.999. The largest absolute Gasteiger partial charge is 0.480 e. The summed E-state index contributed by atoms with van der Waals surface area (Å²) in [6.45, 7) is 4.99. The van der Waals surface area contributed by atoms with Gasteiger partial charge in [-0.25, -0.2) is 4.79 Å². The lowest BCUT2D eigenvalue weighted by Crippen LogP contribution is -2.40. The molecule has 0 spiro atoms. The second-order valence-corrected chi connectivity index (χ2v) is 19.4. The number of carboxylic acids is 1. The van der Waals surface area contributed by atoms with Crippen molar-refractivity contribution in [2.75, 3.05) is 6.54 Å². The Hall–Kier alpha value is -1.89. The molecule has 2 atom stereocenters. The number of ether oxygens (including phenoxy) is 1. The van der Waals surface area contributed by atoms with Crippen LogP contribution in [0.15, 0.2) is 12.2 Å². The number of carboxylic acid groups (broad SMARTS) is 1. The maximum atomic E-state index is 12.9. The number of unbranched alkanes of at least 4 members (excludes halogenated alkanes) is 36. The predicted molar refractivity (Wildman–Crippen MR) is 271 cm³/mol. The molecule has 372 valence electrons. The van der Waals surface area contributed by atoms with Crippen LogP contribution in [0.1, 0.15) is 309 Å². The number of aliphatic carboxylic acids is 1. The zero-order valence-corrected chi connectivity index (χ0v) is 42.2. The van der Waals surface area contributed by atoms with E-state index < -0.39 is 12.0 Å². The Balaban J connectivity index is 4.17. The van der Waals surface area contributed by atoms with Crippen LogP contribution in [0.4, 0.5) is 0 Å². The number of rotatable bonds is 52. The van der Waals surface area contributed by atoms with Crippen molar-refractivity contribution < 1.29 is 24.2 Å². The monoisotopic (exact) mass is 889 g/mol. The number of esters is 1. The van der Waals surface area contributed by atoms with Crippen LogP contribution >= 0.6 is 0 Å². The van der Waals surface area contributed by atoms with E-state index >= 15 is 0 Å². The fraction of sp³-hybridized carbons (Fsp3) is 0.911. The molecule has 0 aromatic heterocycles. The van der Waals surface area contributed by atoms with Crippen molar-refractivity contribution in [2.24, 2.45) is 5.73 Å². The Labute approximate surface area is 391 Å². The average molecular weight is 889 g/mol.